The number of hydrogen-bond donors (Lipinski definition) is 0. The van der Waals surface area contributed by atoms with Gasteiger partial charge in [-0.05, 0) is 6.07 Å². The van der Waals surface area contributed by atoms with Gasteiger partial charge in [0.25, 0.3) is 0 Å². The molecule has 4 heteroatoms. The van der Waals surface area contributed by atoms with Crippen molar-refractivity contribution >= 4 is 6.08 Å². The van der Waals surface area contributed by atoms with E-state index < -0.39 is 4.92 Å². The number of hydrogen-bond acceptors (Lipinski definition) is 2. The zero-order chi connectivity index (χ0) is 8.97. The third kappa shape index (κ3) is 2.49. The Labute approximate surface area is 69.9 Å². The van der Waals surface area contributed by atoms with Crippen LogP contribution >= 0.6 is 0 Å². The summed E-state index contributed by atoms with van der Waals surface area (Å²) in [5.41, 5.74) is 0.816. The lowest BCUT2D eigenvalue weighted by molar-refractivity contribution is -0.671. The fraction of sp³-hybridized carbons (Fsp3) is 0.125. The monoisotopic (exact) mass is 165 g/mol. The van der Waals surface area contributed by atoms with Crippen LogP contribution in [0.15, 0.2) is 30.7 Å². The SMILES string of the molecule is C[n+]1cccc(/C=C/[N+](=O)[O-])c1. The maximum Gasteiger partial charge on any atom is 0.235 e. The van der Waals surface area contributed by atoms with Gasteiger partial charge < -0.3 is 0 Å². The largest absolute Gasteiger partial charge is 0.259 e. The molecular formula is C8H9N2O2+. The number of nitro groups is 1. The first kappa shape index (κ1) is 8.39. The number of rotatable bonds is 2. The van der Waals surface area contributed by atoms with E-state index in [1.165, 1.54) is 6.08 Å². The summed E-state index contributed by atoms with van der Waals surface area (Å²) < 4.78 is 1.83. The minimum Gasteiger partial charge on any atom is -0.259 e. The van der Waals surface area contributed by atoms with Crippen LogP contribution in [0, 0.1) is 10.1 Å². The van der Waals surface area contributed by atoms with E-state index in [1.54, 1.807) is 12.3 Å². The molecule has 0 radical (unpaired) electrons. The maximum absolute atomic E-state index is 9.97. The average molecular weight is 165 g/mol. The first-order chi connectivity index (χ1) is 5.68. The molecule has 1 heterocycles. The smallest absolute Gasteiger partial charge is 0.235 e. The molecule has 0 atom stereocenters. The highest BCUT2D eigenvalue weighted by Gasteiger charge is 1.94. The van der Waals surface area contributed by atoms with Crippen LogP contribution in [0.2, 0.25) is 0 Å². The summed E-state index contributed by atoms with van der Waals surface area (Å²) in [6.07, 6.45) is 6.05. The topological polar surface area (TPSA) is 47.0 Å². The molecule has 0 aliphatic heterocycles. The summed E-state index contributed by atoms with van der Waals surface area (Å²) in [5, 5.41) is 9.97. The summed E-state index contributed by atoms with van der Waals surface area (Å²) in [6.45, 7) is 0. The van der Waals surface area contributed by atoms with E-state index in [2.05, 4.69) is 0 Å². The molecule has 0 saturated carbocycles. The predicted molar refractivity (Wildman–Crippen MR) is 43.6 cm³/mol. The van der Waals surface area contributed by atoms with E-state index in [-0.39, 0.29) is 0 Å². The standard InChI is InChI=1S/C8H9N2O2/c1-9-5-2-3-8(7-9)4-6-10(11)12/h2-7H,1H3/q+1/b6-4+. The Balaban J connectivity index is 2.83. The number of nitrogens with zero attached hydrogens (tertiary/aromatic N) is 2. The molecule has 0 aliphatic carbocycles. The molecule has 0 fully saturated rings. The molecule has 1 rings (SSSR count). The molecule has 0 N–H and O–H groups in total. The van der Waals surface area contributed by atoms with E-state index in [0.29, 0.717) is 0 Å². The number of pyridine rings is 1. The van der Waals surface area contributed by atoms with Gasteiger partial charge in [-0.25, -0.2) is 4.57 Å². The quantitative estimate of drug-likeness (QED) is 0.369. The van der Waals surface area contributed by atoms with Gasteiger partial charge in [0, 0.05) is 17.7 Å². The summed E-state index contributed by atoms with van der Waals surface area (Å²) in [7, 11) is 1.86. The second kappa shape index (κ2) is 3.61. The van der Waals surface area contributed by atoms with E-state index in [9.17, 15) is 10.1 Å². The van der Waals surface area contributed by atoms with E-state index >= 15 is 0 Å². The fourth-order valence-corrected chi connectivity index (χ4v) is 0.857. The fourth-order valence-electron chi connectivity index (χ4n) is 0.857. The number of aromatic nitrogens is 1. The van der Waals surface area contributed by atoms with Gasteiger partial charge in [0.1, 0.15) is 7.05 Å². The Hall–Kier alpha value is -1.71. The summed E-state index contributed by atoms with van der Waals surface area (Å²) in [5.74, 6) is 0. The van der Waals surface area contributed by atoms with Crippen molar-refractivity contribution in [2.75, 3.05) is 0 Å². The molecule has 0 aromatic carbocycles. The highest BCUT2D eigenvalue weighted by atomic mass is 16.6. The summed E-state index contributed by atoms with van der Waals surface area (Å²) >= 11 is 0. The molecule has 4 nitrogen and oxygen atoms in total. The molecule has 1 aromatic rings. The zero-order valence-electron chi connectivity index (χ0n) is 6.68. The highest BCUT2D eigenvalue weighted by Crippen LogP contribution is 1.96. The van der Waals surface area contributed by atoms with Crippen molar-refractivity contribution in [1.82, 2.24) is 0 Å². The van der Waals surface area contributed by atoms with Gasteiger partial charge in [-0.15, -0.1) is 0 Å². The van der Waals surface area contributed by atoms with Crippen LogP contribution in [0.3, 0.4) is 0 Å². The lowest BCUT2D eigenvalue weighted by atomic mass is 10.3. The van der Waals surface area contributed by atoms with Crippen LogP contribution in [0.25, 0.3) is 6.08 Å². The van der Waals surface area contributed by atoms with Crippen LogP contribution in [-0.2, 0) is 7.05 Å². The summed E-state index contributed by atoms with van der Waals surface area (Å²) in [4.78, 5) is 9.49. The lowest BCUT2D eigenvalue weighted by Crippen LogP contribution is -2.26. The van der Waals surface area contributed by atoms with Crippen LogP contribution < -0.4 is 4.57 Å². The molecule has 0 saturated heterocycles. The predicted octanol–water partition coefficient (Wildman–Crippen LogP) is 0.758. The van der Waals surface area contributed by atoms with Gasteiger partial charge in [0.15, 0.2) is 12.4 Å². The van der Waals surface area contributed by atoms with Gasteiger partial charge in [-0.3, -0.25) is 10.1 Å². The van der Waals surface area contributed by atoms with Gasteiger partial charge in [0.2, 0.25) is 6.20 Å². The van der Waals surface area contributed by atoms with Crippen molar-refractivity contribution in [1.29, 1.82) is 0 Å². The van der Waals surface area contributed by atoms with Gasteiger partial charge in [0.05, 0.1) is 4.92 Å². The Bertz CT molecular complexity index is 321. The van der Waals surface area contributed by atoms with Crippen molar-refractivity contribution in [3.8, 4) is 0 Å². The first-order valence-electron chi connectivity index (χ1n) is 3.45. The molecule has 0 aliphatic rings. The molecule has 12 heavy (non-hydrogen) atoms. The van der Waals surface area contributed by atoms with Crippen molar-refractivity contribution in [2.45, 2.75) is 0 Å². The van der Waals surface area contributed by atoms with Crippen molar-refractivity contribution < 1.29 is 9.49 Å². The van der Waals surface area contributed by atoms with Gasteiger partial charge >= 0.3 is 0 Å². The molecule has 0 unspecified atom stereocenters. The second-order valence-corrected chi connectivity index (χ2v) is 2.40. The van der Waals surface area contributed by atoms with Crippen molar-refractivity contribution in [3.63, 3.8) is 0 Å². The van der Waals surface area contributed by atoms with Crippen molar-refractivity contribution in [3.05, 3.63) is 46.4 Å². The van der Waals surface area contributed by atoms with Crippen LogP contribution in [-0.4, -0.2) is 4.92 Å². The normalized spacial score (nSPS) is 10.4. The lowest BCUT2D eigenvalue weighted by Gasteiger charge is -1.87. The minimum absolute atomic E-state index is 0.479. The molecule has 0 spiro atoms. The summed E-state index contributed by atoms with van der Waals surface area (Å²) in [6, 6.07) is 3.64. The van der Waals surface area contributed by atoms with Crippen molar-refractivity contribution in [2.24, 2.45) is 7.05 Å². The van der Waals surface area contributed by atoms with E-state index in [0.717, 1.165) is 11.8 Å². The van der Waals surface area contributed by atoms with Crippen LogP contribution in [0.1, 0.15) is 5.56 Å². The molecule has 0 amide bonds. The molecule has 1 aromatic heterocycles. The molecular weight excluding hydrogens is 156 g/mol. The van der Waals surface area contributed by atoms with Gasteiger partial charge in [-0.1, -0.05) is 0 Å². The Morgan fingerprint density at radius 1 is 1.67 bits per heavy atom. The highest BCUT2D eigenvalue weighted by molar-refractivity contribution is 5.44. The average Bonchev–Trinajstić information content (AvgIpc) is 2.01. The van der Waals surface area contributed by atoms with Crippen LogP contribution in [0.4, 0.5) is 0 Å². The second-order valence-electron chi connectivity index (χ2n) is 2.40. The Kier molecular flexibility index (Phi) is 2.53. The Morgan fingerprint density at radius 2 is 2.42 bits per heavy atom. The zero-order valence-corrected chi connectivity index (χ0v) is 6.68. The van der Waals surface area contributed by atoms with Crippen LogP contribution in [0.5, 0.6) is 0 Å². The maximum atomic E-state index is 9.97. The van der Waals surface area contributed by atoms with E-state index in [1.807, 2.05) is 23.9 Å². The molecule has 62 valence electrons. The van der Waals surface area contributed by atoms with Gasteiger partial charge in [-0.2, -0.15) is 0 Å². The third-order valence-electron chi connectivity index (χ3n) is 1.35. The minimum atomic E-state index is -0.479. The molecule has 0 bridgehead atoms. The number of aryl methyl sites for hydroxylation is 1. The van der Waals surface area contributed by atoms with E-state index in [4.69, 9.17) is 0 Å². The Morgan fingerprint density at radius 3 is 3.00 bits per heavy atom. The first-order valence-corrected chi connectivity index (χ1v) is 3.45. The third-order valence-corrected chi connectivity index (χ3v) is 1.35.